The summed E-state index contributed by atoms with van der Waals surface area (Å²) in [6.45, 7) is 12.8. The van der Waals surface area contributed by atoms with Gasteiger partial charge in [0, 0.05) is 30.1 Å². The van der Waals surface area contributed by atoms with Crippen LogP contribution in [0.5, 0.6) is 0 Å². The number of hydrogen-bond donors (Lipinski definition) is 2. The Hall–Kier alpha value is -2.45. The van der Waals surface area contributed by atoms with Crippen LogP contribution in [-0.2, 0) is 14.5 Å². The molecule has 1 heterocycles. The van der Waals surface area contributed by atoms with Crippen LogP contribution in [-0.4, -0.2) is 47.4 Å². The van der Waals surface area contributed by atoms with Gasteiger partial charge in [0.1, 0.15) is 0 Å². The van der Waals surface area contributed by atoms with E-state index in [-0.39, 0.29) is 24.0 Å². The molecule has 172 valence electrons. The van der Waals surface area contributed by atoms with Gasteiger partial charge < -0.3 is 4.90 Å². The van der Waals surface area contributed by atoms with E-state index in [1.165, 1.54) is 24.3 Å². The number of carbonyl (C=O) groups excluding carboxylic acids is 3. The second-order valence-corrected chi connectivity index (χ2v) is 9.07. The highest BCUT2D eigenvalue weighted by Gasteiger charge is 2.38. The summed E-state index contributed by atoms with van der Waals surface area (Å²) in [7, 11) is 0. The van der Waals surface area contributed by atoms with E-state index < -0.39 is 12.0 Å². The summed E-state index contributed by atoms with van der Waals surface area (Å²) >= 11 is 0. The molecule has 0 saturated carbocycles. The Labute approximate surface area is 184 Å². The smallest absolute Gasteiger partial charge is 0.274 e. The lowest BCUT2D eigenvalue weighted by Gasteiger charge is -2.23. The monoisotopic (exact) mass is 433 g/mol. The van der Waals surface area contributed by atoms with E-state index in [1.807, 2.05) is 13.8 Å². The molecular formula is C23H35N3O5. The molecule has 1 aliphatic rings. The third kappa shape index (κ3) is 7.33. The number of nitrogens with one attached hydrogen (secondary N) is 2. The van der Waals surface area contributed by atoms with Gasteiger partial charge in [-0.25, -0.2) is 11.0 Å². The molecule has 1 fully saturated rings. The highest BCUT2D eigenvalue weighted by Crippen LogP contribution is 2.22. The van der Waals surface area contributed by atoms with Crippen LogP contribution in [0.1, 0.15) is 75.1 Å². The SMILES string of the molecule is CC(C)CC(C)ONC(=O)c1ccc(C(=O)NOC2CC(C)N(CC(C)C)C2=O)cc1. The molecule has 0 aromatic heterocycles. The summed E-state index contributed by atoms with van der Waals surface area (Å²) in [4.78, 5) is 49.6. The van der Waals surface area contributed by atoms with Gasteiger partial charge in [-0.3, -0.25) is 24.1 Å². The Kier molecular flexibility index (Phi) is 9.00. The maximum absolute atomic E-state index is 12.5. The summed E-state index contributed by atoms with van der Waals surface area (Å²) in [5, 5.41) is 0. The van der Waals surface area contributed by atoms with Crippen LogP contribution >= 0.6 is 0 Å². The fraction of sp³-hybridized carbons (Fsp3) is 0.609. The minimum atomic E-state index is -0.687. The predicted molar refractivity (Wildman–Crippen MR) is 117 cm³/mol. The van der Waals surface area contributed by atoms with Crippen LogP contribution in [0.2, 0.25) is 0 Å². The van der Waals surface area contributed by atoms with E-state index in [1.54, 1.807) is 4.90 Å². The normalized spacial score (nSPS) is 19.7. The lowest BCUT2D eigenvalue weighted by atomic mass is 10.1. The van der Waals surface area contributed by atoms with Gasteiger partial charge in [-0.05, 0) is 56.4 Å². The van der Waals surface area contributed by atoms with Gasteiger partial charge in [0.05, 0.1) is 6.10 Å². The highest BCUT2D eigenvalue weighted by atomic mass is 16.7. The van der Waals surface area contributed by atoms with Crippen LogP contribution in [0, 0.1) is 11.8 Å². The Bertz CT molecular complexity index is 763. The quantitative estimate of drug-likeness (QED) is 0.553. The third-order valence-corrected chi connectivity index (χ3v) is 5.07. The molecule has 1 aliphatic heterocycles. The zero-order valence-corrected chi connectivity index (χ0v) is 19.3. The van der Waals surface area contributed by atoms with Gasteiger partial charge in [-0.15, -0.1) is 0 Å². The lowest BCUT2D eigenvalue weighted by molar-refractivity contribution is -0.141. The zero-order valence-electron chi connectivity index (χ0n) is 19.3. The number of hydrogen-bond acceptors (Lipinski definition) is 5. The molecule has 3 amide bonds. The number of likely N-dealkylation sites (tertiary alicyclic amines) is 1. The van der Waals surface area contributed by atoms with Crippen molar-refractivity contribution in [2.75, 3.05) is 6.54 Å². The summed E-state index contributed by atoms with van der Waals surface area (Å²) in [6, 6.07) is 6.19. The van der Waals surface area contributed by atoms with Crippen molar-refractivity contribution in [1.82, 2.24) is 15.9 Å². The summed E-state index contributed by atoms with van der Waals surface area (Å²) in [5.41, 5.74) is 5.49. The molecule has 1 saturated heterocycles. The van der Waals surface area contributed by atoms with Gasteiger partial charge in [0.2, 0.25) is 0 Å². The van der Waals surface area contributed by atoms with Crippen molar-refractivity contribution < 1.29 is 24.1 Å². The first-order valence-corrected chi connectivity index (χ1v) is 10.9. The average molecular weight is 434 g/mol. The van der Waals surface area contributed by atoms with Crippen molar-refractivity contribution in [2.24, 2.45) is 11.8 Å². The maximum Gasteiger partial charge on any atom is 0.274 e. The molecule has 0 radical (unpaired) electrons. The Morgan fingerprint density at radius 3 is 2.06 bits per heavy atom. The van der Waals surface area contributed by atoms with Crippen LogP contribution < -0.4 is 11.0 Å². The predicted octanol–water partition coefficient (Wildman–Crippen LogP) is 3.09. The first kappa shape index (κ1) is 24.8. The lowest BCUT2D eigenvalue weighted by Crippen LogP contribution is -2.38. The van der Waals surface area contributed by atoms with Crippen molar-refractivity contribution in [3.05, 3.63) is 35.4 Å². The molecule has 3 unspecified atom stereocenters. The minimum absolute atomic E-state index is 0.0695. The van der Waals surface area contributed by atoms with Crippen LogP contribution in [0.25, 0.3) is 0 Å². The van der Waals surface area contributed by atoms with Gasteiger partial charge in [-0.1, -0.05) is 27.7 Å². The average Bonchev–Trinajstić information content (AvgIpc) is 2.97. The fourth-order valence-corrected chi connectivity index (χ4v) is 3.58. The third-order valence-electron chi connectivity index (χ3n) is 5.07. The Morgan fingerprint density at radius 2 is 1.55 bits per heavy atom. The van der Waals surface area contributed by atoms with Crippen LogP contribution in [0.15, 0.2) is 24.3 Å². The Morgan fingerprint density at radius 1 is 1.00 bits per heavy atom. The number of carbonyl (C=O) groups is 3. The van der Waals surface area contributed by atoms with E-state index in [2.05, 4.69) is 38.7 Å². The molecule has 0 spiro atoms. The van der Waals surface area contributed by atoms with Gasteiger partial charge >= 0.3 is 0 Å². The number of nitrogens with zero attached hydrogens (tertiary/aromatic N) is 1. The molecule has 2 N–H and O–H groups in total. The number of hydroxylamine groups is 2. The van der Waals surface area contributed by atoms with Crippen molar-refractivity contribution in [3.8, 4) is 0 Å². The van der Waals surface area contributed by atoms with E-state index in [0.29, 0.717) is 35.9 Å². The van der Waals surface area contributed by atoms with Crippen molar-refractivity contribution >= 4 is 17.7 Å². The second-order valence-electron chi connectivity index (χ2n) is 9.07. The zero-order chi connectivity index (χ0) is 23.1. The van der Waals surface area contributed by atoms with Crippen LogP contribution in [0.4, 0.5) is 0 Å². The van der Waals surface area contributed by atoms with Gasteiger partial charge in [0.15, 0.2) is 6.10 Å². The van der Waals surface area contributed by atoms with E-state index >= 15 is 0 Å². The summed E-state index contributed by atoms with van der Waals surface area (Å²) in [5.74, 6) is -0.140. The molecule has 1 aromatic rings. The first-order chi connectivity index (χ1) is 14.6. The summed E-state index contributed by atoms with van der Waals surface area (Å²) < 4.78 is 0. The maximum atomic E-state index is 12.5. The second kappa shape index (κ2) is 11.2. The van der Waals surface area contributed by atoms with Crippen molar-refractivity contribution in [3.63, 3.8) is 0 Å². The van der Waals surface area contributed by atoms with E-state index in [4.69, 9.17) is 9.68 Å². The molecule has 8 heteroatoms. The molecular weight excluding hydrogens is 398 g/mol. The van der Waals surface area contributed by atoms with E-state index in [0.717, 1.165) is 6.42 Å². The molecule has 8 nitrogen and oxygen atoms in total. The fourth-order valence-electron chi connectivity index (χ4n) is 3.58. The van der Waals surface area contributed by atoms with E-state index in [9.17, 15) is 14.4 Å². The van der Waals surface area contributed by atoms with Gasteiger partial charge in [-0.2, -0.15) is 0 Å². The minimum Gasteiger partial charge on any atom is -0.337 e. The number of amides is 3. The first-order valence-electron chi connectivity index (χ1n) is 10.9. The largest absolute Gasteiger partial charge is 0.337 e. The Balaban J connectivity index is 1.84. The molecule has 1 aromatic carbocycles. The van der Waals surface area contributed by atoms with Crippen molar-refractivity contribution in [2.45, 2.75) is 72.6 Å². The molecule has 31 heavy (non-hydrogen) atoms. The molecule has 0 bridgehead atoms. The number of rotatable bonds is 10. The molecule has 3 atom stereocenters. The van der Waals surface area contributed by atoms with Crippen molar-refractivity contribution in [1.29, 1.82) is 0 Å². The standard InChI is InChI=1S/C23H35N3O5/c1-14(2)11-17(6)30-24-21(27)18-7-9-19(10-8-18)22(28)25-31-20-12-16(5)26(23(20)29)13-15(3)4/h7-10,14-17,20H,11-13H2,1-6H3,(H,24,27)(H,25,28). The molecule has 0 aliphatic carbocycles. The summed E-state index contributed by atoms with van der Waals surface area (Å²) in [6.07, 6.45) is 0.577. The highest BCUT2D eigenvalue weighted by molar-refractivity contribution is 5.97. The topological polar surface area (TPSA) is 97.0 Å². The van der Waals surface area contributed by atoms with Crippen LogP contribution in [0.3, 0.4) is 0 Å². The van der Waals surface area contributed by atoms with Gasteiger partial charge in [0.25, 0.3) is 17.7 Å². The number of benzene rings is 1. The molecule has 2 rings (SSSR count).